The Hall–Kier alpha value is -1.33. The van der Waals surface area contributed by atoms with Crippen molar-refractivity contribution in [3.05, 3.63) is 30.1 Å². The van der Waals surface area contributed by atoms with Gasteiger partial charge in [0.15, 0.2) is 0 Å². The van der Waals surface area contributed by atoms with E-state index >= 15 is 0 Å². The fraction of sp³-hybridized carbons (Fsp3) is 0.533. The number of nitrogens with zero attached hydrogens (tertiary/aromatic N) is 2. The van der Waals surface area contributed by atoms with Crippen LogP contribution in [0, 0.1) is 0 Å². The minimum Gasteiger partial charge on any atom is -0.399 e. The lowest BCUT2D eigenvalue weighted by atomic mass is 9.79. The monoisotopic (exact) mass is 272 g/mol. The fourth-order valence-electron chi connectivity index (χ4n) is 2.45. The van der Waals surface area contributed by atoms with Gasteiger partial charge in [-0.1, -0.05) is 6.92 Å². The Morgan fingerprint density at radius 2 is 1.85 bits per heavy atom. The molecule has 5 heteroatoms. The first-order valence-electron chi connectivity index (χ1n) is 7.16. The van der Waals surface area contributed by atoms with Gasteiger partial charge in [-0.3, -0.25) is 0 Å². The third kappa shape index (κ3) is 1.96. The van der Waals surface area contributed by atoms with E-state index in [1.807, 2.05) is 23.0 Å². The molecule has 0 aromatic carbocycles. The number of hydrogen-bond acceptors (Lipinski definition) is 3. The van der Waals surface area contributed by atoms with Gasteiger partial charge < -0.3 is 9.31 Å². The number of aryl methyl sites for hydroxylation is 1. The molecular formula is C15H21BN2O2. The highest BCUT2D eigenvalue weighted by Crippen LogP contribution is 2.36. The zero-order valence-electron chi connectivity index (χ0n) is 12.8. The molecule has 1 aliphatic rings. The standard InChI is InChI=1S/C15H21BN2O2/c1-6-11-10-17-18-8-7-12(9-13(11)18)16-19-14(2,3)15(4,5)20-16/h7-10H,6H2,1-5H3. The summed E-state index contributed by atoms with van der Waals surface area (Å²) in [5.74, 6) is 0. The van der Waals surface area contributed by atoms with Crippen LogP contribution in [0.3, 0.4) is 0 Å². The summed E-state index contributed by atoms with van der Waals surface area (Å²) in [4.78, 5) is 0. The molecule has 4 nitrogen and oxygen atoms in total. The van der Waals surface area contributed by atoms with Gasteiger partial charge in [0.2, 0.25) is 0 Å². The van der Waals surface area contributed by atoms with Gasteiger partial charge >= 0.3 is 7.12 Å². The Morgan fingerprint density at radius 1 is 1.20 bits per heavy atom. The Balaban J connectivity index is 1.99. The minimum absolute atomic E-state index is 0.308. The van der Waals surface area contributed by atoms with Crippen molar-refractivity contribution in [2.24, 2.45) is 0 Å². The van der Waals surface area contributed by atoms with Crippen LogP contribution >= 0.6 is 0 Å². The predicted octanol–water partition coefficient (Wildman–Crippen LogP) is 2.20. The van der Waals surface area contributed by atoms with E-state index in [9.17, 15) is 0 Å². The van der Waals surface area contributed by atoms with Crippen molar-refractivity contribution in [1.29, 1.82) is 0 Å². The van der Waals surface area contributed by atoms with Gasteiger partial charge in [-0.05, 0) is 57.3 Å². The highest BCUT2D eigenvalue weighted by atomic mass is 16.7. The molecule has 20 heavy (non-hydrogen) atoms. The van der Waals surface area contributed by atoms with Crippen LogP contribution in [0.1, 0.15) is 40.2 Å². The molecule has 0 aliphatic carbocycles. The van der Waals surface area contributed by atoms with Crippen LogP contribution in [0.25, 0.3) is 5.52 Å². The summed E-state index contributed by atoms with van der Waals surface area (Å²) in [5.41, 5.74) is 2.80. The van der Waals surface area contributed by atoms with E-state index < -0.39 is 0 Å². The maximum Gasteiger partial charge on any atom is 0.494 e. The van der Waals surface area contributed by atoms with Crippen molar-refractivity contribution in [2.45, 2.75) is 52.2 Å². The fourth-order valence-corrected chi connectivity index (χ4v) is 2.45. The van der Waals surface area contributed by atoms with Gasteiger partial charge in [0.1, 0.15) is 0 Å². The lowest BCUT2D eigenvalue weighted by Gasteiger charge is -2.32. The number of aromatic nitrogens is 2. The second-order valence-electron chi connectivity index (χ2n) is 6.40. The van der Waals surface area contributed by atoms with Crippen molar-refractivity contribution in [3.63, 3.8) is 0 Å². The number of pyridine rings is 1. The van der Waals surface area contributed by atoms with Crippen molar-refractivity contribution >= 4 is 18.1 Å². The number of fused-ring (bicyclic) bond motifs is 1. The second kappa shape index (κ2) is 4.33. The minimum atomic E-state index is -0.315. The molecule has 0 amide bonds. The molecule has 3 heterocycles. The summed E-state index contributed by atoms with van der Waals surface area (Å²) >= 11 is 0. The average molecular weight is 272 g/mol. The third-order valence-corrected chi connectivity index (χ3v) is 4.53. The normalized spacial score (nSPS) is 20.8. The average Bonchev–Trinajstić information content (AvgIpc) is 2.87. The molecule has 0 spiro atoms. The Morgan fingerprint density at radius 3 is 2.45 bits per heavy atom. The van der Waals surface area contributed by atoms with Crippen LogP contribution in [0.4, 0.5) is 0 Å². The molecule has 0 unspecified atom stereocenters. The maximum atomic E-state index is 6.10. The lowest BCUT2D eigenvalue weighted by molar-refractivity contribution is 0.00578. The van der Waals surface area contributed by atoms with Gasteiger partial charge in [0.25, 0.3) is 0 Å². The van der Waals surface area contributed by atoms with Crippen LogP contribution in [-0.2, 0) is 15.7 Å². The second-order valence-corrected chi connectivity index (χ2v) is 6.40. The van der Waals surface area contributed by atoms with Crippen molar-refractivity contribution in [3.8, 4) is 0 Å². The molecule has 106 valence electrons. The summed E-state index contributed by atoms with van der Waals surface area (Å²) in [6.45, 7) is 10.4. The molecule has 1 saturated heterocycles. The van der Waals surface area contributed by atoms with Gasteiger partial charge in [-0.25, -0.2) is 4.52 Å². The third-order valence-electron chi connectivity index (χ3n) is 4.53. The molecule has 0 atom stereocenters. The SMILES string of the molecule is CCc1cnn2ccc(B3OC(C)(C)C(C)(C)O3)cc12. The number of hydrogen-bond donors (Lipinski definition) is 0. The summed E-state index contributed by atoms with van der Waals surface area (Å²) < 4.78 is 14.1. The van der Waals surface area contributed by atoms with Crippen LogP contribution in [0.5, 0.6) is 0 Å². The van der Waals surface area contributed by atoms with Gasteiger partial charge in [0, 0.05) is 6.20 Å². The van der Waals surface area contributed by atoms with Gasteiger partial charge in [-0.2, -0.15) is 5.10 Å². The van der Waals surface area contributed by atoms with E-state index in [0.29, 0.717) is 0 Å². The summed E-state index contributed by atoms with van der Waals surface area (Å²) in [7, 11) is -0.315. The molecule has 0 bridgehead atoms. The summed E-state index contributed by atoms with van der Waals surface area (Å²) in [6.07, 6.45) is 4.86. The molecule has 0 radical (unpaired) electrons. The molecule has 1 aliphatic heterocycles. The van der Waals surface area contributed by atoms with Crippen molar-refractivity contribution < 1.29 is 9.31 Å². The Bertz CT molecular complexity index is 632. The molecule has 3 rings (SSSR count). The molecule has 0 saturated carbocycles. The zero-order chi connectivity index (χ0) is 14.5. The van der Waals surface area contributed by atoms with Crippen LogP contribution in [0.2, 0.25) is 0 Å². The topological polar surface area (TPSA) is 35.8 Å². The van der Waals surface area contributed by atoms with E-state index in [4.69, 9.17) is 9.31 Å². The van der Waals surface area contributed by atoms with Crippen LogP contribution in [-0.4, -0.2) is 27.9 Å². The predicted molar refractivity (Wildman–Crippen MR) is 80.3 cm³/mol. The quantitative estimate of drug-likeness (QED) is 0.786. The van der Waals surface area contributed by atoms with E-state index in [-0.39, 0.29) is 18.3 Å². The highest BCUT2D eigenvalue weighted by Gasteiger charge is 2.51. The van der Waals surface area contributed by atoms with E-state index in [1.165, 1.54) is 5.56 Å². The Labute approximate surface area is 120 Å². The first-order chi connectivity index (χ1) is 9.34. The first kappa shape index (κ1) is 13.6. The van der Waals surface area contributed by atoms with E-state index in [0.717, 1.165) is 17.4 Å². The van der Waals surface area contributed by atoms with Crippen molar-refractivity contribution in [1.82, 2.24) is 9.61 Å². The summed E-state index contributed by atoms with van der Waals surface area (Å²) in [5, 5.41) is 4.35. The van der Waals surface area contributed by atoms with E-state index in [2.05, 4.69) is 45.8 Å². The first-order valence-corrected chi connectivity index (χ1v) is 7.16. The van der Waals surface area contributed by atoms with E-state index in [1.54, 1.807) is 0 Å². The highest BCUT2D eigenvalue weighted by molar-refractivity contribution is 6.62. The van der Waals surface area contributed by atoms with Crippen LogP contribution in [0.15, 0.2) is 24.5 Å². The smallest absolute Gasteiger partial charge is 0.399 e. The number of rotatable bonds is 2. The largest absolute Gasteiger partial charge is 0.494 e. The van der Waals surface area contributed by atoms with Gasteiger partial charge in [-0.15, -0.1) is 0 Å². The molecule has 2 aromatic rings. The molecule has 2 aromatic heterocycles. The van der Waals surface area contributed by atoms with Gasteiger partial charge in [0.05, 0.1) is 22.9 Å². The summed E-state index contributed by atoms with van der Waals surface area (Å²) in [6, 6.07) is 4.13. The van der Waals surface area contributed by atoms with Crippen LogP contribution < -0.4 is 5.46 Å². The maximum absolute atomic E-state index is 6.10. The van der Waals surface area contributed by atoms with Crippen molar-refractivity contribution in [2.75, 3.05) is 0 Å². The lowest BCUT2D eigenvalue weighted by Crippen LogP contribution is -2.41. The molecule has 1 fully saturated rings. The molecule has 0 N–H and O–H groups in total. The zero-order valence-corrected chi connectivity index (χ0v) is 12.8. The molecular weight excluding hydrogens is 251 g/mol. The Kier molecular flexibility index (Phi) is 2.96.